The van der Waals surface area contributed by atoms with Crippen LogP contribution >= 0.6 is 0 Å². The summed E-state index contributed by atoms with van der Waals surface area (Å²) in [6.45, 7) is 9.36. The molecule has 178 valence electrons. The number of fused-ring (bicyclic) bond motifs is 1. The van der Waals surface area contributed by atoms with Gasteiger partial charge in [0.2, 0.25) is 17.7 Å². The van der Waals surface area contributed by atoms with Crippen LogP contribution in [0.5, 0.6) is 0 Å². The third-order valence-corrected chi connectivity index (χ3v) is 5.73. The van der Waals surface area contributed by atoms with Crippen molar-refractivity contribution in [2.24, 2.45) is 17.8 Å². The van der Waals surface area contributed by atoms with E-state index in [0.717, 1.165) is 25.8 Å². The predicted octanol–water partition coefficient (Wildman–Crippen LogP) is 2.77. The van der Waals surface area contributed by atoms with Gasteiger partial charge < -0.3 is 20.7 Å². The average Bonchev–Trinajstić information content (AvgIpc) is 3.12. The molecule has 7 heteroatoms. The lowest BCUT2D eigenvalue weighted by molar-refractivity contribution is -0.129. The maximum atomic E-state index is 12.3. The topological polar surface area (TPSA) is 104 Å². The second-order valence-corrected chi connectivity index (χ2v) is 8.84. The first-order chi connectivity index (χ1) is 15.4. The van der Waals surface area contributed by atoms with Crippen LogP contribution in [-0.2, 0) is 19.2 Å². The Labute approximate surface area is 192 Å². The molecule has 1 aromatic carbocycles. The van der Waals surface area contributed by atoms with Gasteiger partial charge in [0, 0.05) is 25.4 Å². The molecule has 3 amide bonds. The van der Waals surface area contributed by atoms with Gasteiger partial charge in [0.15, 0.2) is 0 Å². The van der Waals surface area contributed by atoms with Gasteiger partial charge in [-0.2, -0.15) is 0 Å². The van der Waals surface area contributed by atoms with E-state index in [0.29, 0.717) is 37.6 Å². The largest absolute Gasteiger partial charge is 0.356 e. The van der Waals surface area contributed by atoms with Crippen LogP contribution in [0.1, 0.15) is 57.9 Å². The Morgan fingerprint density at radius 2 is 1.66 bits per heavy atom. The Balaban J connectivity index is 0.000000477. The monoisotopic (exact) mass is 445 g/mol. The average molecular weight is 446 g/mol. The predicted molar refractivity (Wildman–Crippen MR) is 126 cm³/mol. The van der Waals surface area contributed by atoms with E-state index in [1.165, 1.54) is 5.56 Å². The lowest BCUT2D eigenvalue weighted by atomic mass is 9.88. The summed E-state index contributed by atoms with van der Waals surface area (Å²) in [6, 6.07) is 9.79. The summed E-state index contributed by atoms with van der Waals surface area (Å²) in [5, 5.41) is 8.69. The lowest BCUT2D eigenvalue weighted by Gasteiger charge is -2.20. The summed E-state index contributed by atoms with van der Waals surface area (Å²) in [6.07, 6.45) is 4.45. The van der Waals surface area contributed by atoms with E-state index in [-0.39, 0.29) is 23.6 Å². The Morgan fingerprint density at radius 3 is 2.25 bits per heavy atom. The molecule has 7 nitrogen and oxygen atoms in total. The van der Waals surface area contributed by atoms with Gasteiger partial charge in [0.1, 0.15) is 12.8 Å². The highest BCUT2D eigenvalue weighted by atomic mass is 16.2. The van der Waals surface area contributed by atoms with Gasteiger partial charge in [0.25, 0.3) is 0 Å². The van der Waals surface area contributed by atoms with Crippen LogP contribution in [0.4, 0.5) is 0 Å². The quantitative estimate of drug-likeness (QED) is 0.651. The molecule has 2 fully saturated rings. The van der Waals surface area contributed by atoms with Crippen molar-refractivity contribution in [3.63, 3.8) is 0 Å². The van der Waals surface area contributed by atoms with E-state index in [9.17, 15) is 14.4 Å². The van der Waals surface area contributed by atoms with Crippen LogP contribution in [0.2, 0.25) is 0 Å². The van der Waals surface area contributed by atoms with E-state index in [2.05, 4.69) is 35.0 Å². The SMILES string of the molecule is C=O.CC(C)CC1NC(=O)CCCCC2CNC(=O)C2CCNC1=O.Cc1ccccc1. The summed E-state index contributed by atoms with van der Waals surface area (Å²) >= 11 is 0. The van der Waals surface area contributed by atoms with Crippen molar-refractivity contribution in [1.82, 2.24) is 16.0 Å². The minimum atomic E-state index is -0.476. The molecule has 32 heavy (non-hydrogen) atoms. The molecule has 0 aliphatic carbocycles. The molecule has 0 bridgehead atoms. The second-order valence-electron chi connectivity index (χ2n) is 8.84. The van der Waals surface area contributed by atoms with E-state index in [1.807, 2.05) is 38.8 Å². The highest BCUT2D eigenvalue weighted by molar-refractivity contribution is 5.87. The van der Waals surface area contributed by atoms with Gasteiger partial charge in [-0.1, -0.05) is 56.2 Å². The summed E-state index contributed by atoms with van der Waals surface area (Å²) in [7, 11) is 0. The molecule has 2 aliphatic rings. The minimum Gasteiger partial charge on any atom is -0.356 e. The van der Waals surface area contributed by atoms with Crippen molar-refractivity contribution in [1.29, 1.82) is 0 Å². The Kier molecular flexibility index (Phi) is 12.9. The van der Waals surface area contributed by atoms with E-state index in [1.54, 1.807) is 0 Å². The van der Waals surface area contributed by atoms with Crippen molar-refractivity contribution in [2.45, 2.75) is 65.3 Å². The van der Waals surface area contributed by atoms with Gasteiger partial charge in [-0.3, -0.25) is 14.4 Å². The maximum Gasteiger partial charge on any atom is 0.242 e. The van der Waals surface area contributed by atoms with Crippen LogP contribution in [0, 0.1) is 24.7 Å². The molecule has 2 saturated heterocycles. The molecule has 3 atom stereocenters. The van der Waals surface area contributed by atoms with Crippen molar-refractivity contribution in [2.75, 3.05) is 13.1 Å². The van der Waals surface area contributed by atoms with Gasteiger partial charge in [-0.25, -0.2) is 0 Å². The first-order valence-electron chi connectivity index (χ1n) is 11.5. The van der Waals surface area contributed by atoms with E-state index >= 15 is 0 Å². The van der Waals surface area contributed by atoms with Crippen LogP contribution in [0.15, 0.2) is 30.3 Å². The number of nitrogens with one attached hydrogen (secondary N) is 3. The minimum absolute atomic E-state index is 0.0109. The van der Waals surface area contributed by atoms with Gasteiger partial charge in [-0.05, 0) is 44.4 Å². The van der Waals surface area contributed by atoms with Gasteiger partial charge in [0.05, 0.1) is 0 Å². The fourth-order valence-electron chi connectivity index (χ4n) is 4.06. The van der Waals surface area contributed by atoms with Crippen LogP contribution in [-0.4, -0.2) is 43.6 Å². The molecule has 0 aromatic heterocycles. The zero-order chi connectivity index (χ0) is 23.9. The number of amides is 3. The number of hydrogen-bond acceptors (Lipinski definition) is 4. The molecule has 0 radical (unpaired) electrons. The maximum absolute atomic E-state index is 12.3. The molecule has 3 N–H and O–H groups in total. The molecule has 3 unspecified atom stereocenters. The Bertz CT molecular complexity index is 708. The third-order valence-electron chi connectivity index (χ3n) is 5.73. The first-order valence-corrected chi connectivity index (χ1v) is 11.5. The lowest BCUT2D eigenvalue weighted by Crippen LogP contribution is -2.47. The van der Waals surface area contributed by atoms with Gasteiger partial charge >= 0.3 is 0 Å². The number of carbonyl (C=O) groups excluding carboxylic acids is 4. The second kappa shape index (κ2) is 15.2. The highest BCUT2D eigenvalue weighted by Gasteiger charge is 2.34. The normalized spacial score (nSPS) is 23.9. The summed E-state index contributed by atoms with van der Waals surface area (Å²) in [4.78, 5) is 44.3. The zero-order valence-corrected chi connectivity index (χ0v) is 19.7. The van der Waals surface area contributed by atoms with Crippen molar-refractivity contribution in [3.05, 3.63) is 35.9 Å². The zero-order valence-electron chi connectivity index (χ0n) is 19.7. The van der Waals surface area contributed by atoms with Crippen molar-refractivity contribution in [3.8, 4) is 0 Å². The third kappa shape index (κ3) is 10.1. The van der Waals surface area contributed by atoms with Crippen LogP contribution < -0.4 is 16.0 Å². The van der Waals surface area contributed by atoms with Crippen molar-refractivity contribution < 1.29 is 19.2 Å². The molecular formula is C25H39N3O4. The fourth-order valence-corrected chi connectivity index (χ4v) is 4.06. The molecule has 0 saturated carbocycles. The van der Waals surface area contributed by atoms with E-state index in [4.69, 9.17) is 4.79 Å². The molecule has 2 aliphatic heterocycles. The van der Waals surface area contributed by atoms with Crippen LogP contribution in [0.3, 0.4) is 0 Å². The number of carbonyl (C=O) groups is 4. The standard InChI is InChI=1S/C17H29N3O3.C7H8.CH2O/c1-11(2)9-14-17(23)18-8-7-13-12(10-19-16(13)22)5-3-4-6-15(21)20-14;1-7-5-3-2-4-6-7;1-2/h11-14H,3-10H2,1-2H3,(H,18,23)(H,19,22)(H,20,21);2-6H,1H3;1H2. The molecule has 2 heterocycles. The summed E-state index contributed by atoms with van der Waals surface area (Å²) < 4.78 is 0. The molecule has 0 spiro atoms. The Hall–Kier alpha value is -2.70. The summed E-state index contributed by atoms with van der Waals surface area (Å²) in [5.41, 5.74) is 1.32. The highest BCUT2D eigenvalue weighted by Crippen LogP contribution is 2.26. The Morgan fingerprint density at radius 1 is 0.969 bits per heavy atom. The van der Waals surface area contributed by atoms with Crippen molar-refractivity contribution >= 4 is 24.5 Å². The molecular weight excluding hydrogens is 406 g/mol. The number of benzene rings is 1. The van der Waals surface area contributed by atoms with Crippen LogP contribution in [0.25, 0.3) is 0 Å². The molecule has 1 aromatic rings. The van der Waals surface area contributed by atoms with Gasteiger partial charge in [-0.15, -0.1) is 0 Å². The number of aryl methyl sites for hydroxylation is 1. The van der Waals surface area contributed by atoms with E-state index < -0.39 is 6.04 Å². The summed E-state index contributed by atoms with van der Waals surface area (Å²) in [5.74, 6) is 0.556. The number of rotatable bonds is 2. The smallest absolute Gasteiger partial charge is 0.242 e. The fraction of sp³-hybridized carbons (Fsp3) is 0.600. The number of hydrogen-bond donors (Lipinski definition) is 3. The first kappa shape index (κ1) is 27.3. The molecule has 3 rings (SSSR count).